The van der Waals surface area contributed by atoms with Crippen LogP contribution in [0, 0.1) is 0 Å². The molecule has 0 radical (unpaired) electrons. The van der Waals surface area contributed by atoms with Crippen molar-refractivity contribution in [3.63, 3.8) is 0 Å². The number of carbonyl (C=O) groups excluding carboxylic acids is 2. The van der Waals surface area contributed by atoms with E-state index < -0.39 is 6.09 Å². The third-order valence-electron chi connectivity index (χ3n) is 4.44. The maximum atomic E-state index is 12.3. The number of benzene rings is 1. The van der Waals surface area contributed by atoms with Crippen LogP contribution in [0.15, 0.2) is 18.2 Å². The zero-order valence-corrected chi connectivity index (χ0v) is 14.1. The highest BCUT2D eigenvalue weighted by molar-refractivity contribution is 6.35. The Morgan fingerprint density at radius 3 is 2.70 bits per heavy atom. The average Bonchev–Trinajstić information content (AvgIpc) is 2.84. The van der Waals surface area contributed by atoms with Gasteiger partial charge >= 0.3 is 6.09 Å². The van der Waals surface area contributed by atoms with Crippen molar-refractivity contribution in [3.8, 4) is 0 Å². The van der Waals surface area contributed by atoms with Gasteiger partial charge < -0.3 is 10.1 Å². The van der Waals surface area contributed by atoms with Crippen molar-refractivity contribution in [1.29, 1.82) is 0 Å². The van der Waals surface area contributed by atoms with Gasteiger partial charge in [0, 0.05) is 15.6 Å². The van der Waals surface area contributed by atoms with Crippen molar-refractivity contribution >= 4 is 35.2 Å². The number of halogens is 2. The maximum absolute atomic E-state index is 12.3. The zero-order chi connectivity index (χ0) is 16.4. The molecule has 2 amide bonds. The average molecular weight is 357 g/mol. The lowest BCUT2D eigenvalue weighted by Crippen LogP contribution is -2.57. The molecule has 7 heteroatoms. The van der Waals surface area contributed by atoms with E-state index in [1.165, 1.54) is 4.90 Å². The molecule has 0 unspecified atom stereocenters. The minimum Gasteiger partial charge on any atom is -0.448 e. The Morgan fingerprint density at radius 2 is 2.13 bits per heavy atom. The summed E-state index contributed by atoms with van der Waals surface area (Å²) in [5, 5.41) is 4.30. The van der Waals surface area contributed by atoms with Crippen molar-refractivity contribution < 1.29 is 14.3 Å². The number of hydrogen-bond acceptors (Lipinski definition) is 3. The van der Waals surface area contributed by atoms with Crippen LogP contribution in [0.4, 0.5) is 4.79 Å². The molecule has 1 aromatic carbocycles. The smallest absolute Gasteiger partial charge is 0.410 e. The number of rotatable bonds is 5. The Labute approximate surface area is 144 Å². The van der Waals surface area contributed by atoms with E-state index >= 15 is 0 Å². The monoisotopic (exact) mass is 356 g/mol. The molecular formula is C16H18Cl2N2O3. The molecule has 1 aliphatic carbocycles. The van der Waals surface area contributed by atoms with Gasteiger partial charge in [-0.05, 0) is 43.4 Å². The van der Waals surface area contributed by atoms with Gasteiger partial charge in [-0.15, -0.1) is 0 Å². The first kappa shape index (κ1) is 16.4. The second kappa shape index (κ2) is 6.57. The van der Waals surface area contributed by atoms with Crippen molar-refractivity contribution in [1.82, 2.24) is 10.2 Å². The summed E-state index contributed by atoms with van der Waals surface area (Å²) in [4.78, 5) is 25.1. The highest BCUT2D eigenvalue weighted by Crippen LogP contribution is 2.37. The fraction of sp³-hybridized carbons (Fsp3) is 0.500. The molecule has 23 heavy (non-hydrogen) atoms. The van der Waals surface area contributed by atoms with Crippen LogP contribution >= 0.6 is 23.2 Å². The molecule has 124 valence electrons. The number of amides is 2. The number of cyclic esters (lactones) is 1. The number of ether oxygens (including phenoxy) is 1. The van der Waals surface area contributed by atoms with Gasteiger partial charge in [0.15, 0.2) is 0 Å². The second-order valence-corrected chi connectivity index (χ2v) is 6.97. The van der Waals surface area contributed by atoms with E-state index in [1.807, 2.05) is 6.07 Å². The van der Waals surface area contributed by atoms with Gasteiger partial charge in [0.05, 0.1) is 6.54 Å². The highest BCUT2D eigenvalue weighted by atomic mass is 35.5. The molecule has 2 fully saturated rings. The molecule has 0 aromatic heterocycles. The third kappa shape index (κ3) is 3.72. The topological polar surface area (TPSA) is 58.6 Å². The Hall–Kier alpha value is -1.46. The molecule has 1 heterocycles. The number of nitrogens with zero attached hydrogens (tertiary/aromatic N) is 1. The van der Waals surface area contributed by atoms with Crippen LogP contribution in [0.1, 0.15) is 24.8 Å². The summed E-state index contributed by atoms with van der Waals surface area (Å²) < 4.78 is 4.84. The van der Waals surface area contributed by atoms with Gasteiger partial charge in [0.1, 0.15) is 13.2 Å². The molecule has 0 bridgehead atoms. The van der Waals surface area contributed by atoms with Crippen LogP contribution < -0.4 is 5.32 Å². The van der Waals surface area contributed by atoms with Crippen molar-refractivity contribution in [3.05, 3.63) is 33.8 Å². The van der Waals surface area contributed by atoms with E-state index in [2.05, 4.69) is 5.32 Å². The molecular weight excluding hydrogens is 339 g/mol. The molecule has 0 spiro atoms. The predicted molar refractivity (Wildman–Crippen MR) is 87.8 cm³/mol. The summed E-state index contributed by atoms with van der Waals surface area (Å²) in [6.45, 7) is 0.842. The summed E-state index contributed by atoms with van der Waals surface area (Å²) in [6, 6.07) is 5.42. The number of carbonyl (C=O) groups is 2. The third-order valence-corrected chi connectivity index (χ3v) is 5.03. The lowest BCUT2D eigenvalue weighted by molar-refractivity contribution is -0.124. The standard InChI is InChI=1S/C16H18Cl2N2O3/c17-12-3-2-11(13(18)8-12)9-16(4-1-5-16)19-14(21)10-20-6-7-23-15(20)22/h2-3,8H,1,4-7,9-10H2,(H,19,21). The van der Waals surface area contributed by atoms with E-state index in [-0.39, 0.29) is 18.0 Å². The molecule has 0 atom stereocenters. The van der Waals surface area contributed by atoms with Gasteiger partial charge in [0.2, 0.25) is 5.91 Å². The van der Waals surface area contributed by atoms with Crippen LogP contribution in [-0.2, 0) is 16.0 Å². The normalized spacial score (nSPS) is 19.2. The maximum Gasteiger partial charge on any atom is 0.410 e. The zero-order valence-electron chi connectivity index (χ0n) is 12.6. The summed E-state index contributed by atoms with van der Waals surface area (Å²) in [5.74, 6) is -0.159. The summed E-state index contributed by atoms with van der Waals surface area (Å²) in [5.41, 5.74) is 0.690. The van der Waals surface area contributed by atoms with E-state index in [0.29, 0.717) is 29.6 Å². The largest absolute Gasteiger partial charge is 0.448 e. The van der Waals surface area contributed by atoms with Crippen LogP contribution in [0.3, 0.4) is 0 Å². The quantitative estimate of drug-likeness (QED) is 0.881. The first-order valence-electron chi connectivity index (χ1n) is 7.64. The lowest BCUT2D eigenvalue weighted by atomic mass is 9.72. The summed E-state index contributed by atoms with van der Waals surface area (Å²) in [7, 11) is 0. The second-order valence-electron chi connectivity index (χ2n) is 6.13. The van der Waals surface area contributed by atoms with Gasteiger partial charge in [-0.25, -0.2) is 4.79 Å². The van der Waals surface area contributed by atoms with Crippen LogP contribution in [0.25, 0.3) is 0 Å². The fourth-order valence-electron chi connectivity index (χ4n) is 3.06. The molecule has 1 aromatic rings. The molecule has 3 rings (SSSR count). The predicted octanol–water partition coefficient (Wildman–Crippen LogP) is 3.03. The van der Waals surface area contributed by atoms with Crippen molar-refractivity contribution in [2.75, 3.05) is 19.7 Å². The van der Waals surface area contributed by atoms with E-state index in [9.17, 15) is 9.59 Å². The van der Waals surface area contributed by atoms with Crippen molar-refractivity contribution in [2.24, 2.45) is 0 Å². The molecule has 5 nitrogen and oxygen atoms in total. The summed E-state index contributed by atoms with van der Waals surface area (Å²) in [6.07, 6.45) is 3.12. The highest BCUT2D eigenvalue weighted by Gasteiger charge is 2.39. The Kier molecular flexibility index (Phi) is 4.69. The Balaban J connectivity index is 1.64. The van der Waals surface area contributed by atoms with Gasteiger partial charge in [-0.3, -0.25) is 9.69 Å². The fourth-order valence-corrected chi connectivity index (χ4v) is 3.53. The van der Waals surface area contributed by atoms with Crippen molar-refractivity contribution in [2.45, 2.75) is 31.2 Å². The van der Waals surface area contributed by atoms with E-state index in [1.54, 1.807) is 12.1 Å². The van der Waals surface area contributed by atoms with Gasteiger partial charge in [0.25, 0.3) is 0 Å². The van der Waals surface area contributed by atoms with E-state index in [4.69, 9.17) is 27.9 Å². The molecule has 1 saturated heterocycles. The van der Waals surface area contributed by atoms with Crippen LogP contribution in [-0.4, -0.2) is 42.1 Å². The SMILES string of the molecule is O=C(CN1CCOC1=O)NC1(Cc2ccc(Cl)cc2Cl)CCC1. The molecule has 2 aliphatic rings. The first-order chi connectivity index (χ1) is 11.0. The Morgan fingerprint density at radius 1 is 1.35 bits per heavy atom. The number of hydrogen-bond donors (Lipinski definition) is 1. The summed E-state index contributed by atoms with van der Waals surface area (Å²) >= 11 is 12.2. The number of nitrogens with one attached hydrogen (secondary N) is 1. The first-order valence-corrected chi connectivity index (χ1v) is 8.40. The van der Waals surface area contributed by atoms with Gasteiger partial charge in [-0.1, -0.05) is 29.3 Å². The molecule has 1 N–H and O–H groups in total. The van der Waals surface area contributed by atoms with Crippen LogP contribution in [0.2, 0.25) is 10.0 Å². The minimum absolute atomic E-state index is 0.0366. The van der Waals surface area contributed by atoms with Gasteiger partial charge in [-0.2, -0.15) is 0 Å². The molecule has 1 saturated carbocycles. The minimum atomic E-state index is -0.427. The van der Waals surface area contributed by atoms with Crippen LogP contribution in [0.5, 0.6) is 0 Å². The Bertz CT molecular complexity index is 632. The lowest BCUT2D eigenvalue weighted by Gasteiger charge is -2.43. The molecule has 1 aliphatic heterocycles. The van der Waals surface area contributed by atoms with E-state index in [0.717, 1.165) is 24.8 Å².